The molecule has 5 heteroatoms. The van der Waals surface area contributed by atoms with E-state index in [1.54, 1.807) is 13.0 Å². The molecule has 25 heavy (non-hydrogen) atoms. The fourth-order valence-electron chi connectivity index (χ4n) is 2.79. The van der Waals surface area contributed by atoms with Crippen molar-refractivity contribution >= 4 is 5.71 Å². The Morgan fingerprint density at radius 1 is 1.08 bits per heavy atom. The van der Waals surface area contributed by atoms with E-state index in [-0.39, 0.29) is 5.69 Å². The Labute approximate surface area is 146 Å². The highest BCUT2D eigenvalue weighted by Gasteiger charge is 2.42. The number of halogens is 2. The van der Waals surface area contributed by atoms with Gasteiger partial charge in [0.05, 0.1) is 11.3 Å². The number of pyridine rings is 1. The van der Waals surface area contributed by atoms with Crippen molar-refractivity contribution in [2.75, 3.05) is 0 Å². The summed E-state index contributed by atoms with van der Waals surface area (Å²) in [7, 11) is 0. The standard InChI is InChI=1S/C20H22F2N2O/c1-12-10-13(11-23-16(12)18(21)22)17-14-8-6-7-9-15(14)25-20(4,5)19(2,3)24-17/h6-11,18H,1-5H3. The number of hydrogen-bond donors (Lipinski definition) is 0. The quantitative estimate of drug-likeness (QED) is 0.758. The van der Waals surface area contributed by atoms with Crippen molar-refractivity contribution in [2.45, 2.75) is 52.2 Å². The summed E-state index contributed by atoms with van der Waals surface area (Å²) >= 11 is 0. The van der Waals surface area contributed by atoms with Gasteiger partial charge in [-0.2, -0.15) is 0 Å². The van der Waals surface area contributed by atoms with Crippen LogP contribution in [0.25, 0.3) is 0 Å². The molecule has 0 N–H and O–H groups in total. The number of rotatable bonds is 2. The Kier molecular flexibility index (Phi) is 4.13. The Bertz CT molecular complexity index is 841. The molecule has 0 unspecified atom stereocenters. The van der Waals surface area contributed by atoms with Crippen molar-refractivity contribution < 1.29 is 13.5 Å². The highest BCUT2D eigenvalue weighted by atomic mass is 19.3. The molecule has 1 aromatic carbocycles. The van der Waals surface area contributed by atoms with Crippen LogP contribution in [0.1, 0.15) is 56.5 Å². The van der Waals surface area contributed by atoms with Crippen LogP contribution in [0.15, 0.2) is 41.5 Å². The first kappa shape index (κ1) is 17.5. The second-order valence-electron chi connectivity index (χ2n) is 7.35. The summed E-state index contributed by atoms with van der Waals surface area (Å²) in [6.45, 7) is 9.66. The van der Waals surface area contributed by atoms with E-state index in [0.717, 1.165) is 11.3 Å². The van der Waals surface area contributed by atoms with Crippen molar-refractivity contribution in [3.8, 4) is 5.75 Å². The number of nitrogens with zero attached hydrogens (tertiary/aromatic N) is 2. The predicted octanol–water partition coefficient (Wildman–Crippen LogP) is 5.11. The van der Waals surface area contributed by atoms with E-state index < -0.39 is 17.6 Å². The molecule has 3 nitrogen and oxygen atoms in total. The molecule has 1 aliphatic heterocycles. The summed E-state index contributed by atoms with van der Waals surface area (Å²) in [6.07, 6.45) is -1.12. The average Bonchev–Trinajstić information content (AvgIpc) is 2.59. The molecule has 2 aromatic rings. The summed E-state index contributed by atoms with van der Waals surface area (Å²) in [5.74, 6) is 0.729. The summed E-state index contributed by atoms with van der Waals surface area (Å²) in [4.78, 5) is 8.92. The third kappa shape index (κ3) is 3.03. The minimum Gasteiger partial charge on any atom is -0.485 e. The molecule has 0 amide bonds. The Balaban J connectivity index is 2.22. The van der Waals surface area contributed by atoms with Crippen LogP contribution < -0.4 is 4.74 Å². The lowest BCUT2D eigenvalue weighted by Gasteiger charge is -2.37. The highest BCUT2D eigenvalue weighted by molar-refractivity contribution is 6.14. The molecule has 2 heterocycles. The van der Waals surface area contributed by atoms with Crippen LogP contribution in [0.2, 0.25) is 0 Å². The molecule has 0 saturated heterocycles. The van der Waals surface area contributed by atoms with Crippen molar-refractivity contribution in [1.29, 1.82) is 0 Å². The molecular weight excluding hydrogens is 322 g/mol. The summed E-state index contributed by atoms with van der Waals surface area (Å²) in [5.41, 5.74) is 1.47. The number of hydrogen-bond acceptors (Lipinski definition) is 3. The van der Waals surface area contributed by atoms with Gasteiger partial charge >= 0.3 is 0 Å². The van der Waals surface area contributed by atoms with Gasteiger partial charge in [-0.05, 0) is 58.4 Å². The third-order valence-electron chi connectivity index (χ3n) is 4.97. The number of benzene rings is 1. The van der Waals surface area contributed by atoms with E-state index in [9.17, 15) is 8.78 Å². The molecule has 1 aromatic heterocycles. The van der Waals surface area contributed by atoms with Crippen LogP contribution in [0.5, 0.6) is 5.75 Å². The van der Waals surface area contributed by atoms with Crippen LogP contribution in [0.3, 0.4) is 0 Å². The monoisotopic (exact) mass is 344 g/mol. The SMILES string of the molecule is Cc1cc(C2=NC(C)(C)C(C)(C)Oc3ccccc32)cnc1C(F)F. The molecule has 0 spiro atoms. The molecule has 0 aliphatic carbocycles. The Morgan fingerprint density at radius 3 is 2.40 bits per heavy atom. The van der Waals surface area contributed by atoms with Gasteiger partial charge in [-0.15, -0.1) is 0 Å². The highest BCUT2D eigenvalue weighted by Crippen LogP contribution is 2.38. The number of alkyl halides is 2. The van der Waals surface area contributed by atoms with Gasteiger partial charge < -0.3 is 4.74 Å². The van der Waals surface area contributed by atoms with Gasteiger partial charge in [-0.25, -0.2) is 8.78 Å². The van der Waals surface area contributed by atoms with Gasteiger partial charge in [0.15, 0.2) is 0 Å². The molecule has 0 radical (unpaired) electrons. The largest absolute Gasteiger partial charge is 0.485 e. The first-order chi connectivity index (χ1) is 11.6. The summed E-state index contributed by atoms with van der Waals surface area (Å²) in [6, 6.07) is 9.38. The minimum absolute atomic E-state index is 0.193. The normalized spacial score (nSPS) is 18.2. The number of aryl methyl sites for hydroxylation is 1. The van der Waals surface area contributed by atoms with Crippen LogP contribution in [0.4, 0.5) is 8.78 Å². The van der Waals surface area contributed by atoms with E-state index in [1.807, 2.05) is 52.0 Å². The van der Waals surface area contributed by atoms with Crippen LogP contribution in [-0.4, -0.2) is 21.8 Å². The van der Waals surface area contributed by atoms with E-state index >= 15 is 0 Å². The molecule has 0 fully saturated rings. The molecule has 0 atom stereocenters. The topological polar surface area (TPSA) is 34.5 Å². The Hall–Kier alpha value is -2.30. The number of aliphatic imine (C=N–C) groups is 1. The summed E-state index contributed by atoms with van der Waals surface area (Å²) < 4.78 is 32.3. The predicted molar refractivity (Wildman–Crippen MR) is 94.8 cm³/mol. The second-order valence-corrected chi connectivity index (χ2v) is 7.35. The first-order valence-electron chi connectivity index (χ1n) is 8.26. The molecule has 0 bridgehead atoms. The first-order valence-corrected chi connectivity index (χ1v) is 8.26. The van der Waals surface area contributed by atoms with Crippen molar-refractivity contribution in [3.05, 3.63) is 58.9 Å². The van der Waals surface area contributed by atoms with Gasteiger partial charge in [0.1, 0.15) is 17.0 Å². The summed E-state index contributed by atoms with van der Waals surface area (Å²) in [5, 5.41) is 0. The van der Waals surface area contributed by atoms with Crippen molar-refractivity contribution in [3.63, 3.8) is 0 Å². The molecule has 0 saturated carbocycles. The van der Waals surface area contributed by atoms with Crippen LogP contribution in [-0.2, 0) is 0 Å². The molecule has 1 aliphatic rings. The molecule has 132 valence electrons. The zero-order valence-electron chi connectivity index (χ0n) is 15.1. The van der Waals surface area contributed by atoms with Crippen LogP contribution >= 0.6 is 0 Å². The molecule has 3 rings (SSSR count). The lowest BCUT2D eigenvalue weighted by Crippen LogP contribution is -2.48. The van der Waals surface area contributed by atoms with E-state index in [1.165, 1.54) is 6.20 Å². The van der Waals surface area contributed by atoms with Crippen molar-refractivity contribution in [1.82, 2.24) is 4.98 Å². The van der Waals surface area contributed by atoms with Gasteiger partial charge in [0, 0.05) is 17.3 Å². The number of ether oxygens (including phenoxy) is 1. The fourth-order valence-corrected chi connectivity index (χ4v) is 2.79. The van der Waals surface area contributed by atoms with Gasteiger partial charge in [0.2, 0.25) is 0 Å². The lowest BCUT2D eigenvalue weighted by molar-refractivity contribution is 0.0441. The maximum absolute atomic E-state index is 13.0. The zero-order valence-corrected chi connectivity index (χ0v) is 15.1. The van der Waals surface area contributed by atoms with Crippen LogP contribution in [0, 0.1) is 6.92 Å². The average molecular weight is 344 g/mol. The Morgan fingerprint density at radius 2 is 1.76 bits per heavy atom. The van der Waals surface area contributed by atoms with E-state index in [2.05, 4.69) is 4.98 Å². The van der Waals surface area contributed by atoms with Gasteiger partial charge in [-0.3, -0.25) is 9.98 Å². The zero-order chi connectivity index (χ0) is 18.4. The number of aromatic nitrogens is 1. The van der Waals surface area contributed by atoms with E-state index in [4.69, 9.17) is 9.73 Å². The maximum Gasteiger partial charge on any atom is 0.280 e. The minimum atomic E-state index is -2.59. The van der Waals surface area contributed by atoms with Gasteiger partial charge in [-0.1, -0.05) is 12.1 Å². The second kappa shape index (κ2) is 5.90. The van der Waals surface area contributed by atoms with Crippen molar-refractivity contribution in [2.24, 2.45) is 4.99 Å². The van der Waals surface area contributed by atoms with E-state index in [0.29, 0.717) is 16.8 Å². The smallest absolute Gasteiger partial charge is 0.280 e. The number of fused-ring (bicyclic) bond motifs is 1. The lowest BCUT2D eigenvalue weighted by atomic mass is 9.86. The number of para-hydroxylation sites is 1. The third-order valence-corrected chi connectivity index (χ3v) is 4.97. The maximum atomic E-state index is 13.0. The molecular formula is C20H22F2N2O. The van der Waals surface area contributed by atoms with Gasteiger partial charge in [0.25, 0.3) is 6.43 Å². The fraction of sp³-hybridized carbons (Fsp3) is 0.400.